The number of aromatic nitrogens is 2. The minimum Gasteiger partial charge on any atom is -0.308 e. The summed E-state index contributed by atoms with van der Waals surface area (Å²) < 4.78 is 4.53. The molecule has 0 saturated carbocycles. The van der Waals surface area contributed by atoms with Crippen molar-refractivity contribution in [2.75, 3.05) is 0 Å². The van der Waals surface area contributed by atoms with E-state index < -0.39 is 0 Å². The maximum absolute atomic E-state index is 9.70. The highest BCUT2D eigenvalue weighted by molar-refractivity contribution is 6.11. The van der Waals surface area contributed by atoms with Crippen LogP contribution >= 0.6 is 0 Å². The van der Waals surface area contributed by atoms with Crippen molar-refractivity contribution in [1.29, 1.82) is 5.26 Å². The number of benzene rings is 4. The van der Waals surface area contributed by atoms with Crippen molar-refractivity contribution in [1.82, 2.24) is 8.80 Å². The predicted molar refractivity (Wildman–Crippen MR) is 138 cm³/mol. The van der Waals surface area contributed by atoms with Crippen molar-refractivity contribution < 1.29 is 0 Å². The molecule has 0 aliphatic carbocycles. The van der Waals surface area contributed by atoms with E-state index in [1.54, 1.807) is 0 Å². The molecule has 4 nitrogen and oxygen atoms in total. The van der Waals surface area contributed by atoms with Crippen LogP contribution in [0, 0.1) is 17.9 Å². The summed E-state index contributed by atoms with van der Waals surface area (Å²) in [5.41, 5.74) is 7.42. The summed E-state index contributed by atoms with van der Waals surface area (Å²) in [5.74, 6) is 0. The molecule has 0 aliphatic rings. The number of hydrogen-bond acceptors (Lipinski definition) is 1. The second-order valence-corrected chi connectivity index (χ2v) is 8.50. The Kier molecular flexibility index (Phi) is 3.66. The summed E-state index contributed by atoms with van der Waals surface area (Å²) in [4.78, 5) is 3.72. The van der Waals surface area contributed by atoms with Crippen molar-refractivity contribution in [2.45, 2.75) is 0 Å². The molecule has 0 unspecified atom stereocenters. The molecule has 34 heavy (non-hydrogen) atoms. The second kappa shape index (κ2) is 6.72. The Bertz CT molecular complexity index is 1940. The van der Waals surface area contributed by atoms with Gasteiger partial charge in [0.15, 0.2) is 5.69 Å². The zero-order chi connectivity index (χ0) is 22.8. The normalized spacial score (nSPS) is 11.5. The van der Waals surface area contributed by atoms with Gasteiger partial charge in [0.2, 0.25) is 0 Å². The summed E-state index contributed by atoms with van der Waals surface area (Å²) in [5, 5.41) is 14.0. The monoisotopic (exact) mass is 432 g/mol. The van der Waals surface area contributed by atoms with Gasteiger partial charge in [0.25, 0.3) is 0 Å². The number of hydrogen-bond donors (Lipinski definition) is 0. The van der Waals surface area contributed by atoms with Crippen molar-refractivity contribution in [3.05, 3.63) is 114 Å². The third-order valence-corrected chi connectivity index (χ3v) is 6.69. The number of nitriles is 1. The lowest BCUT2D eigenvalue weighted by atomic mass is 10.1. The fourth-order valence-electron chi connectivity index (χ4n) is 5.22. The Morgan fingerprint density at radius 1 is 0.588 bits per heavy atom. The zero-order valence-corrected chi connectivity index (χ0v) is 18.0. The first-order chi connectivity index (χ1) is 16.8. The van der Waals surface area contributed by atoms with E-state index >= 15 is 0 Å². The van der Waals surface area contributed by atoms with Crippen molar-refractivity contribution in [3.63, 3.8) is 0 Å². The largest absolute Gasteiger partial charge is 0.308 e. The Hall–Kier alpha value is -5.06. The van der Waals surface area contributed by atoms with Gasteiger partial charge in [-0.25, -0.2) is 4.85 Å². The fourth-order valence-corrected chi connectivity index (χ4v) is 5.22. The molecule has 0 saturated heterocycles. The van der Waals surface area contributed by atoms with Crippen LogP contribution in [-0.4, -0.2) is 8.80 Å². The van der Waals surface area contributed by atoms with E-state index in [2.05, 4.69) is 74.3 Å². The lowest BCUT2D eigenvalue weighted by molar-refractivity contribution is 1.30. The van der Waals surface area contributed by atoms with Gasteiger partial charge in [-0.2, -0.15) is 5.26 Å². The first-order valence-electron chi connectivity index (χ1n) is 11.0. The maximum atomic E-state index is 9.70. The summed E-state index contributed by atoms with van der Waals surface area (Å²) in [6, 6.07) is 35.2. The van der Waals surface area contributed by atoms with Gasteiger partial charge in [-0.1, -0.05) is 54.6 Å². The molecule has 4 aromatic carbocycles. The standard InChI is InChI=1S/C30H16N4/c1-32-22-11-13-24-23-12-10-19(18-31)14-27(23)33-25-8-4-2-6-20(25)15-29(33)30-16-21-7-3-5-9-26(21)34(30)28(24)17-22/h2-17H. The zero-order valence-electron chi connectivity index (χ0n) is 18.0. The first kappa shape index (κ1) is 18.5. The summed E-state index contributed by atoms with van der Waals surface area (Å²) in [7, 11) is 0. The van der Waals surface area contributed by atoms with Crippen molar-refractivity contribution in [3.8, 4) is 6.07 Å². The van der Waals surface area contributed by atoms with Crippen LogP contribution in [0.15, 0.2) is 97.1 Å². The van der Waals surface area contributed by atoms with Gasteiger partial charge in [-0.3, -0.25) is 0 Å². The molecule has 0 bridgehead atoms. The molecule has 156 valence electrons. The van der Waals surface area contributed by atoms with E-state index in [9.17, 15) is 5.26 Å². The molecule has 7 aromatic rings. The SMILES string of the molecule is [C-]#[N+]c1ccc2c3ccc(C#N)cc3n3c4ccccc4cc3c3cc4ccccc4n3c2c1. The molecular weight excluding hydrogens is 416 g/mol. The molecular formula is C30H16N4. The molecule has 0 atom stereocenters. The summed E-state index contributed by atoms with van der Waals surface area (Å²) in [6.45, 7) is 7.63. The summed E-state index contributed by atoms with van der Waals surface area (Å²) >= 11 is 0. The highest BCUT2D eigenvalue weighted by atomic mass is 15.0. The molecule has 0 fully saturated rings. The number of nitrogens with zero attached hydrogens (tertiary/aromatic N) is 4. The van der Waals surface area contributed by atoms with E-state index in [-0.39, 0.29) is 0 Å². The van der Waals surface area contributed by atoms with E-state index in [1.165, 1.54) is 0 Å². The quantitative estimate of drug-likeness (QED) is 0.225. The van der Waals surface area contributed by atoms with Gasteiger partial charge in [-0.05, 0) is 42.5 Å². The Morgan fingerprint density at radius 2 is 1.15 bits per heavy atom. The fraction of sp³-hybridized carbons (Fsp3) is 0. The highest BCUT2D eigenvalue weighted by Gasteiger charge is 2.14. The third-order valence-electron chi connectivity index (χ3n) is 6.69. The van der Waals surface area contributed by atoms with Gasteiger partial charge in [-0.15, -0.1) is 0 Å². The molecule has 0 aliphatic heterocycles. The third kappa shape index (κ3) is 2.40. The number of fused-ring (bicyclic) bond motifs is 12. The molecule has 7 rings (SSSR count). The topological polar surface area (TPSA) is 37.0 Å². The lowest BCUT2D eigenvalue weighted by Crippen LogP contribution is -1.93. The molecule has 0 spiro atoms. The van der Waals surface area contributed by atoms with E-state index in [0.29, 0.717) is 11.3 Å². The first-order valence-corrected chi connectivity index (χ1v) is 11.0. The van der Waals surface area contributed by atoms with Crippen LogP contribution < -0.4 is 0 Å². The van der Waals surface area contributed by atoms with E-state index in [0.717, 1.165) is 54.6 Å². The van der Waals surface area contributed by atoms with Crippen molar-refractivity contribution in [2.24, 2.45) is 0 Å². The van der Waals surface area contributed by atoms with Crippen LogP contribution in [0.4, 0.5) is 5.69 Å². The Balaban J connectivity index is 1.96. The highest BCUT2D eigenvalue weighted by Crippen LogP contribution is 2.35. The molecule has 0 N–H and O–H groups in total. The lowest BCUT2D eigenvalue weighted by Gasteiger charge is -2.10. The van der Waals surface area contributed by atoms with Gasteiger partial charge in [0.1, 0.15) is 0 Å². The molecule has 0 amide bonds. The summed E-state index contributed by atoms with van der Waals surface area (Å²) in [6.07, 6.45) is 0. The van der Waals surface area contributed by atoms with Crippen LogP contribution in [0.1, 0.15) is 5.56 Å². The average molecular weight is 432 g/mol. The smallest absolute Gasteiger partial charge is 0.189 e. The van der Waals surface area contributed by atoms with Crippen LogP contribution in [0.5, 0.6) is 0 Å². The number of para-hydroxylation sites is 2. The number of rotatable bonds is 0. The van der Waals surface area contributed by atoms with Crippen LogP contribution in [-0.2, 0) is 0 Å². The molecule has 0 radical (unpaired) electrons. The van der Waals surface area contributed by atoms with E-state index in [1.807, 2.05) is 42.5 Å². The predicted octanol–water partition coefficient (Wildman–Crippen LogP) is 7.79. The molecule has 3 aromatic heterocycles. The molecule has 3 heterocycles. The average Bonchev–Trinajstić information content (AvgIpc) is 3.45. The van der Waals surface area contributed by atoms with E-state index in [4.69, 9.17) is 6.57 Å². The maximum Gasteiger partial charge on any atom is 0.189 e. The van der Waals surface area contributed by atoms with Crippen LogP contribution in [0.2, 0.25) is 0 Å². The van der Waals surface area contributed by atoms with Crippen LogP contribution in [0.25, 0.3) is 59.5 Å². The minimum atomic E-state index is 0.596. The van der Waals surface area contributed by atoms with Gasteiger partial charge < -0.3 is 8.80 Å². The van der Waals surface area contributed by atoms with Crippen molar-refractivity contribution >= 4 is 60.3 Å². The molecule has 4 heteroatoms. The minimum absolute atomic E-state index is 0.596. The Morgan fingerprint density at radius 3 is 1.74 bits per heavy atom. The second-order valence-electron chi connectivity index (χ2n) is 8.50. The van der Waals surface area contributed by atoms with Gasteiger partial charge in [0.05, 0.1) is 45.8 Å². The van der Waals surface area contributed by atoms with Crippen LogP contribution in [0.3, 0.4) is 0 Å². The Labute approximate surface area is 194 Å². The van der Waals surface area contributed by atoms with Gasteiger partial charge >= 0.3 is 0 Å². The van der Waals surface area contributed by atoms with Gasteiger partial charge in [0, 0.05) is 27.1 Å².